The van der Waals surface area contributed by atoms with E-state index in [1.165, 1.54) is 0 Å². The fraction of sp³-hybridized carbons (Fsp3) is 0.143. The molecule has 0 atom stereocenters. The Balaban J connectivity index is 1.57. The topological polar surface area (TPSA) is 84.2 Å². The van der Waals surface area contributed by atoms with Crippen molar-refractivity contribution in [2.24, 2.45) is 0 Å². The van der Waals surface area contributed by atoms with Gasteiger partial charge in [0.2, 0.25) is 0 Å². The zero-order valence-corrected chi connectivity index (χ0v) is 16.3. The number of carbonyl (C=O) groups excluding carboxylic acids is 1. The maximum Gasteiger partial charge on any atom is 0.319 e. The highest BCUT2D eigenvalue weighted by Crippen LogP contribution is 2.26. The summed E-state index contributed by atoms with van der Waals surface area (Å²) >= 11 is 0. The highest BCUT2D eigenvalue weighted by molar-refractivity contribution is 5.90. The van der Waals surface area contributed by atoms with Gasteiger partial charge in [0.05, 0.1) is 30.8 Å². The molecule has 0 unspecified atom stereocenters. The number of pyridine rings is 1. The van der Waals surface area contributed by atoms with Crippen LogP contribution in [0.3, 0.4) is 0 Å². The molecule has 3 heterocycles. The van der Waals surface area contributed by atoms with E-state index >= 15 is 0 Å². The summed E-state index contributed by atoms with van der Waals surface area (Å²) in [6, 6.07) is 9.78. The lowest BCUT2D eigenvalue weighted by atomic mass is 10.1. The van der Waals surface area contributed by atoms with Crippen LogP contribution in [0.1, 0.15) is 6.92 Å². The lowest BCUT2D eigenvalue weighted by molar-refractivity contribution is 0.0257. The second-order valence-corrected chi connectivity index (χ2v) is 6.97. The molecule has 0 aliphatic heterocycles. The van der Waals surface area contributed by atoms with Crippen LogP contribution in [0.5, 0.6) is 0 Å². The predicted octanol–water partition coefficient (Wildman–Crippen LogP) is 4.37. The predicted molar refractivity (Wildman–Crippen MR) is 109 cm³/mol. The summed E-state index contributed by atoms with van der Waals surface area (Å²) in [6.07, 6.45) is 5.65. The Kier molecular flexibility index (Phi) is 5.28. The number of fused-ring (bicyclic) bond motifs is 1. The van der Waals surface area contributed by atoms with E-state index in [-0.39, 0.29) is 0 Å². The zero-order chi connectivity index (χ0) is 22.0. The Hall–Kier alpha value is -3.95. The molecule has 0 spiro atoms. The maximum absolute atomic E-state index is 13.0. The molecule has 1 aromatic carbocycles. The second-order valence-electron chi connectivity index (χ2n) is 6.97. The van der Waals surface area contributed by atoms with E-state index in [0.29, 0.717) is 22.7 Å². The normalized spacial score (nSPS) is 11.5. The molecule has 0 saturated heterocycles. The van der Waals surface area contributed by atoms with Crippen LogP contribution in [0.4, 0.5) is 23.7 Å². The second kappa shape index (κ2) is 8.05. The van der Waals surface area contributed by atoms with Crippen LogP contribution in [-0.4, -0.2) is 37.9 Å². The minimum Gasteiger partial charge on any atom is -0.332 e. The van der Waals surface area contributed by atoms with Crippen molar-refractivity contribution in [2.75, 3.05) is 11.9 Å². The lowest BCUT2D eigenvalue weighted by Crippen LogP contribution is -2.37. The smallest absolute Gasteiger partial charge is 0.319 e. The summed E-state index contributed by atoms with van der Waals surface area (Å²) in [7, 11) is 0. The molecule has 31 heavy (non-hydrogen) atoms. The monoisotopic (exact) mass is 426 g/mol. The van der Waals surface area contributed by atoms with Gasteiger partial charge in [0.1, 0.15) is 5.65 Å². The van der Waals surface area contributed by atoms with Gasteiger partial charge >= 0.3 is 6.03 Å². The maximum atomic E-state index is 13.0. The van der Waals surface area contributed by atoms with Crippen LogP contribution in [-0.2, 0) is 0 Å². The van der Waals surface area contributed by atoms with Gasteiger partial charge in [-0.05, 0) is 24.3 Å². The Labute approximate surface area is 175 Å². The number of benzene rings is 1. The van der Waals surface area contributed by atoms with E-state index in [4.69, 9.17) is 0 Å². The molecule has 0 fully saturated rings. The van der Waals surface area contributed by atoms with Crippen LogP contribution in [0.25, 0.3) is 28.3 Å². The number of urea groups is 1. The SMILES string of the molecule is CC(F)(F)CNC(=O)Nc1cccc(-c2cnc3cc(-c4ncc(F)cn4)ccn23)c1. The molecular formula is C21H17F3N6O. The Morgan fingerprint density at radius 3 is 2.58 bits per heavy atom. The first-order chi connectivity index (χ1) is 14.8. The minimum absolute atomic E-state index is 0.378. The van der Waals surface area contributed by atoms with Crippen LogP contribution in [0.2, 0.25) is 0 Å². The molecule has 158 valence electrons. The van der Waals surface area contributed by atoms with Crippen molar-refractivity contribution in [3.05, 3.63) is 67.0 Å². The first-order valence-corrected chi connectivity index (χ1v) is 9.27. The van der Waals surface area contributed by atoms with Gasteiger partial charge in [-0.15, -0.1) is 0 Å². The molecule has 0 aliphatic rings. The van der Waals surface area contributed by atoms with E-state index in [1.54, 1.807) is 42.7 Å². The average Bonchev–Trinajstić information content (AvgIpc) is 3.16. The zero-order valence-electron chi connectivity index (χ0n) is 16.3. The van der Waals surface area contributed by atoms with Gasteiger partial charge in [-0.2, -0.15) is 0 Å². The summed E-state index contributed by atoms with van der Waals surface area (Å²) in [5, 5.41) is 4.67. The van der Waals surface area contributed by atoms with Crippen molar-refractivity contribution in [1.82, 2.24) is 24.7 Å². The first-order valence-electron chi connectivity index (χ1n) is 9.27. The minimum atomic E-state index is -2.99. The molecule has 10 heteroatoms. The number of nitrogens with one attached hydrogen (secondary N) is 2. The Morgan fingerprint density at radius 2 is 1.84 bits per heavy atom. The van der Waals surface area contributed by atoms with E-state index in [2.05, 4.69) is 25.6 Å². The number of aromatic nitrogens is 4. The van der Waals surface area contributed by atoms with Crippen molar-refractivity contribution in [2.45, 2.75) is 12.8 Å². The summed E-state index contributed by atoms with van der Waals surface area (Å²) in [5.41, 5.74) is 3.27. The van der Waals surface area contributed by atoms with Gasteiger partial charge in [0.25, 0.3) is 5.92 Å². The van der Waals surface area contributed by atoms with E-state index in [9.17, 15) is 18.0 Å². The molecule has 0 radical (unpaired) electrons. The standard InChI is InChI=1S/C21H17F3N6O/c1-21(23,24)12-28-20(31)29-16-4-2-3-13(7-16)17-11-25-18-8-14(5-6-30(17)18)19-26-9-15(22)10-27-19/h2-11H,12H2,1H3,(H2,28,29,31). The van der Waals surface area contributed by atoms with Gasteiger partial charge in [0.15, 0.2) is 11.6 Å². The molecule has 7 nitrogen and oxygen atoms in total. The fourth-order valence-corrected chi connectivity index (χ4v) is 2.96. The average molecular weight is 426 g/mol. The number of imidazole rings is 1. The van der Waals surface area contributed by atoms with Gasteiger partial charge in [0, 0.05) is 29.9 Å². The summed E-state index contributed by atoms with van der Waals surface area (Å²) in [4.78, 5) is 24.2. The molecule has 2 N–H and O–H groups in total. The van der Waals surface area contributed by atoms with Gasteiger partial charge in [-0.25, -0.2) is 32.9 Å². The molecule has 0 saturated carbocycles. The third kappa shape index (κ3) is 4.80. The number of alkyl halides is 2. The summed E-state index contributed by atoms with van der Waals surface area (Å²) in [5.74, 6) is -3.13. The van der Waals surface area contributed by atoms with E-state index < -0.39 is 24.3 Å². The lowest BCUT2D eigenvalue weighted by Gasteiger charge is -2.12. The number of rotatable bonds is 5. The first kappa shape index (κ1) is 20.3. The fourth-order valence-electron chi connectivity index (χ4n) is 2.96. The highest BCUT2D eigenvalue weighted by Gasteiger charge is 2.21. The van der Waals surface area contributed by atoms with Crippen LogP contribution < -0.4 is 10.6 Å². The summed E-state index contributed by atoms with van der Waals surface area (Å²) in [6.45, 7) is -0.0296. The number of halogens is 3. The van der Waals surface area contributed by atoms with Crippen molar-refractivity contribution in [1.29, 1.82) is 0 Å². The van der Waals surface area contributed by atoms with E-state index in [1.807, 2.05) is 10.5 Å². The number of anilines is 1. The van der Waals surface area contributed by atoms with Gasteiger partial charge in [-0.3, -0.25) is 4.40 Å². The molecule has 4 aromatic rings. The van der Waals surface area contributed by atoms with Crippen molar-refractivity contribution in [3.63, 3.8) is 0 Å². The number of hydrogen-bond donors (Lipinski definition) is 2. The van der Waals surface area contributed by atoms with E-state index in [0.717, 1.165) is 30.6 Å². The molecule has 3 aromatic heterocycles. The Bertz CT molecular complexity index is 1230. The number of nitrogens with zero attached hydrogens (tertiary/aromatic N) is 4. The van der Waals surface area contributed by atoms with Gasteiger partial charge < -0.3 is 10.6 Å². The van der Waals surface area contributed by atoms with Crippen LogP contribution >= 0.6 is 0 Å². The summed E-state index contributed by atoms with van der Waals surface area (Å²) < 4.78 is 40.7. The van der Waals surface area contributed by atoms with Crippen molar-refractivity contribution in [3.8, 4) is 22.6 Å². The van der Waals surface area contributed by atoms with Crippen LogP contribution in [0, 0.1) is 5.82 Å². The Morgan fingerprint density at radius 1 is 1.06 bits per heavy atom. The highest BCUT2D eigenvalue weighted by atomic mass is 19.3. The van der Waals surface area contributed by atoms with Crippen LogP contribution in [0.15, 0.2) is 61.2 Å². The van der Waals surface area contributed by atoms with Crippen molar-refractivity contribution < 1.29 is 18.0 Å². The molecular weight excluding hydrogens is 409 g/mol. The molecule has 2 amide bonds. The number of hydrogen-bond acceptors (Lipinski definition) is 4. The third-order valence-electron chi connectivity index (χ3n) is 4.37. The quantitative estimate of drug-likeness (QED) is 0.496. The molecule has 0 bridgehead atoms. The largest absolute Gasteiger partial charge is 0.332 e. The van der Waals surface area contributed by atoms with Gasteiger partial charge in [-0.1, -0.05) is 12.1 Å². The number of carbonyl (C=O) groups is 1. The third-order valence-corrected chi connectivity index (χ3v) is 4.37. The van der Waals surface area contributed by atoms with Crippen molar-refractivity contribution >= 4 is 17.4 Å². The number of amides is 2. The molecule has 0 aliphatic carbocycles. The molecule has 4 rings (SSSR count).